The van der Waals surface area contributed by atoms with E-state index in [0.717, 1.165) is 6.07 Å². The Hall–Kier alpha value is -3.24. The molecule has 1 aromatic carbocycles. The van der Waals surface area contributed by atoms with Crippen LogP contribution in [0.3, 0.4) is 0 Å². The number of anilines is 1. The van der Waals surface area contributed by atoms with Gasteiger partial charge in [0.05, 0.1) is 12.0 Å². The van der Waals surface area contributed by atoms with Crippen LogP contribution in [0, 0.1) is 17.7 Å². The van der Waals surface area contributed by atoms with Gasteiger partial charge in [-0.2, -0.15) is 22.0 Å². The highest BCUT2D eigenvalue weighted by Crippen LogP contribution is 2.45. The number of halogens is 6. The minimum absolute atomic E-state index is 0.0455. The predicted octanol–water partition coefficient (Wildman–Crippen LogP) is 5.44. The number of hydrogen-bond acceptors (Lipinski definition) is 4. The zero-order chi connectivity index (χ0) is 24.8. The van der Waals surface area contributed by atoms with Crippen LogP contribution in [-0.4, -0.2) is 28.6 Å². The first-order chi connectivity index (χ1) is 15.9. The number of nitrogens with zero attached hydrogens (tertiary/aromatic N) is 1. The molecule has 1 amide bonds. The zero-order valence-electron chi connectivity index (χ0n) is 17.5. The molecule has 2 fully saturated rings. The van der Waals surface area contributed by atoms with Crippen molar-refractivity contribution in [2.24, 2.45) is 11.8 Å². The van der Waals surface area contributed by atoms with Crippen LogP contribution in [0.5, 0.6) is 0 Å². The third-order valence-electron chi connectivity index (χ3n) is 5.67. The second-order valence-electron chi connectivity index (χ2n) is 8.50. The highest BCUT2D eigenvalue weighted by atomic mass is 19.4. The molecule has 0 saturated heterocycles. The van der Waals surface area contributed by atoms with Gasteiger partial charge < -0.3 is 5.32 Å². The van der Waals surface area contributed by atoms with E-state index < -0.39 is 35.7 Å². The smallest absolute Gasteiger partial charge is 0.310 e. The van der Waals surface area contributed by atoms with Gasteiger partial charge in [0, 0.05) is 11.8 Å². The van der Waals surface area contributed by atoms with Crippen LogP contribution in [0.2, 0.25) is 0 Å². The van der Waals surface area contributed by atoms with Crippen molar-refractivity contribution in [1.29, 1.82) is 0 Å². The lowest BCUT2D eigenvalue weighted by Crippen LogP contribution is -2.34. The van der Waals surface area contributed by atoms with E-state index in [0.29, 0.717) is 37.8 Å². The highest BCUT2D eigenvalue weighted by molar-refractivity contribution is 6.09. The highest BCUT2D eigenvalue weighted by Gasteiger charge is 2.59. The molecule has 0 aliphatic heterocycles. The minimum atomic E-state index is -5.99. The monoisotopic (exact) mass is 484 g/mol. The molecule has 11 heteroatoms. The maximum atomic E-state index is 14.3. The summed E-state index contributed by atoms with van der Waals surface area (Å²) in [5.41, 5.74) is -2.13. The Morgan fingerprint density at radius 3 is 2.12 bits per heavy atom. The molecule has 2 saturated carbocycles. The van der Waals surface area contributed by atoms with E-state index in [-0.39, 0.29) is 46.2 Å². The molecule has 34 heavy (non-hydrogen) atoms. The fourth-order valence-electron chi connectivity index (χ4n) is 3.38. The standard InChI is InChI=1S/C23H18F6N2O3/c24-16-7-13(5-6-15(16)22(25,26)23(27,28)29)14-8-17(19(33)10-18(32)11-1-2-11)30-20(9-14)31-21(34)12-3-4-12/h5-9,11-12H,1-4,10H2,(H,30,31,34). The lowest BCUT2D eigenvalue weighted by Gasteiger charge is -2.20. The fourth-order valence-corrected chi connectivity index (χ4v) is 3.38. The average molecular weight is 484 g/mol. The van der Waals surface area contributed by atoms with E-state index >= 15 is 0 Å². The summed E-state index contributed by atoms with van der Waals surface area (Å²) in [7, 11) is 0. The largest absolute Gasteiger partial charge is 0.458 e. The molecule has 2 aliphatic rings. The molecule has 0 radical (unpaired) electrons. The molecular formula is C23H18F6N2O3. The molecular weight excluding hydrogens is 466 g/mol. The van der Waals surface area contributed by atoms with Crippen LogP contribution < -0.4 is 5.32 Å². The van der Waals surface area contributed by atoms with E-state index in [2.05, 4.69) is 10.3 Å². The van der Waals surface area contributed by atoms with Crippen LogP contribution in [0.15, 0.2) is 30.3 Å². The van der Waals surface area contributed by atoms with Crippen LogP contribution in [0.1, 0.15) is 48.2 Å². The third kappa shape index (κ3) is 4.97. The van der Waals surface area contributed by atoms with Gasteiger partial charge in [0.15, 0.2) is 5.78 Å². The first-order valence-corrected chi connectivity index (χ1v) is 10.5. The second-order valence-corrected chi connectivity index (χ2v) is 8.50. The molecule has 0 unspecified atom stereocenters. The quantitative estimate of drug-likeness (QED) is 0.308. The van der Waals surface area contributed by atoms with Crippen LogP contribution in [0.25, 0.3) is 11.1 Å². The Kier molecular flexibility index (Phi) is 5.99. The van der Waals surface area contributed by atoms with Crippen LogP contribution in [0.4, 0.5) is 32.2 Å². The molecule has 0 bridgehead atoms. The maximum absolute atomic E-state index is 14.3. The van der Waals surface area contributed by atoms with E-state index in [4.69, 9.17) is 0 Å². The maximum Gasteiger partial charge on any atom is 0.458 e. The molecule has 4 rings (SSSR count). The van der Waals surface area contributed by atoms with Crippen molar-refractivity contribution in [1.82, 2.24) is 4.98 Å². The molecule has 2 aromatic rings. The summed E-state index contributed by atoms with van der Waals surface area (Å²) in [5, 5.41) is 2.52. The Balaban J connectivity index is 1.69. The van der Waals surface area contributed by atoms with Gasteiger partial charge in [-0.15, -0.1) is 0 Å². The summed E-state index contributed by atoms with van der Waals surface area (Å²) in [5.74, 6) is -8.95. The number of aromatic nitrogens is 1. The Morgan fingerprint density at radius 1 is 0.912 bits per heavy atom. The number of alkyl halides is 5. The zero-order valence-corrected chi connectivity index (χ0v) is 17.5. The van der Waals surface area contributed by atoms with Gasteiger partial charge in [-0.1, -0.05) is 6.07 Å². The number of carbonyl (C=O) groups excluding carboxylic acids is 3. The van der Waals surface area contributed by atoms with Crippen LogP contribution in [-0.2, 0) is 15.5 Å². The van der Waals surface area contributed by atoms with Crippen LogP contribution >= 0.6 is 0 Å². The number of carbonyl (C=O) groups is 3. The number of nitrogens with one attached hydrogen (secondary N) is 1. The molecule has 1 N–H and O–H groups in total. The molecule has 180 valence electrons. The molecule has 1 aromatic heterocycles. The lowest BCUT2D eigenvalue weighted by atomic mass is 9.99. The number of amides is 1. The van der Waals surface area contributed by atoms with E-state index in [1.807, 2.05) is 0 Å². The van der Waals surface area contributed by atoms with Gasteiger partial charge in [-0.3, -0.25) is 14.4 Å². The van der Waals surface area contributed by atoms with Crippen molar-refractivity contribution in [3.8, 4) is 11.1 Å². The fraction of sp³-hybridized carbons (Fsp3) is 0.391. The van der Waals surface area contributed by atoms with E-state index in [9.17, 15) is 40.7 Å². The topological polar surface area (TPSA) is 76.1 Å². The minimum Gasteiger partial charge on any atom is -0.310 e. The number of ketones is 2. The average Bonchev–Trinajstić information content (AvgIpc) is 3.64. The van der Waals surface area contributed by atoms with Gasteiger partial charge in [0.1, 0.15) is 23.1 Å². The molecule has 0 spiro atoms. The summed E-state index contributed by atoms with van der Waals surface area (Å²) >= 11 is 0. The van der Waals surface area contributed by atoms with Crippen molar-refractivity contribution >= 4 is 23.3 Å². The number of pyridine rings is 1. The molecule has 2 aliphatic carbocycles. The summed E-state index contributed by atoms with van der Waals surface area (Å²) in [6.07, 6.45) is -3.68. The van der Waals surface area contributed by atoms with Gasteiger partial charge in [-0.05, 0) is 61.1 Å². The van der Waals surface area contributed by atoms with Gasteiger partial charge >= 0.3 is 12.1 Å². The summed E-state index contributed by atoms with van der Waals surface area (Å²) in [4.78, 5) is 40.9. The third-order valence-corrected chi connectivity index (χ3v) is 5.67. The summed E-state index contributed by atoms with van der Waals surface area (Å²) in [6.45, 7) is 0. The molecule has 5 nitrogen and oxygen atoms in total. The van der Waals surface area contributed by atoms with E-state index in [1.54, 1.807) is 0 Å². The normalized spacial score (nSPS) is 16.3. The van der Waals surface area contributed by atoms with Crippen molar-refractivity contribution in [3.63, 3.8) is 0 Å². The Morgan fingerprint density at radius 2 is 1.56 bits per heavy atom. The Labute approximate surface area is 189 Å². The number of Topliss-reactive ketones (excluding diaryl/α,β-unsaturated/α-hetero) is 2. The first kappa shape index (κ1) is 23.9. The number of hydrogen-bond donors (Lipinski definition) is 1. The lowest BCUT2D eigenvalue weighted by molar-refractivity contribution is -0.290. The predicted molar refractivity (Wildman–Crippen MR) is 108 cm³/mol. The first-order valence-electron chi connectivity index (χ1n) is 10.5. The molecule has 1 heterocycles. The van der Waals surface area contributed by atoms with Gasteiger partial charge in [-0.25, -0.2) is 9.37 Å². The second kappa shape index (κ2) is 8.52. The van der Waals surface area contributed by atoms with Gasteiger partial charge in [0.2, 0.25) is 5.91 Å². The Bertz CT molecular complexity index is 1170. The summed E-state index contributed by atoms with van der Waals surface area (Å²) in [6, 6.07) is 4.07. The van der Waals surface area contributed by atoms with Crippen molar-refractivity contribution in [2.45, 2.75) is 44.2 Å². The van der Waals surface area contributed by atoms with E-state index in [1.165, 1.54) is 12.1 Å². The number of rotatable bonds is 8. The van der Waals surface area contributed by atoms with Crippen molar-refractivity contribution < 1.29 is 40.7 Å². The SMILES string of the molecule is O=C(CC(=O)C1CC1)c1cc(-c2ccc(C(F)(F)C(F)(F)F)c(F)c2)cc(NC(=O)C2CC2)n1. The van der Waals surface area contributed by atoms with Crippen molar-refractivity contribution in [2.75, 3.05) is 5.32 Å². The number of benzene rings is 1. The molecule has 0 atom stereocenters. The van der Waals surface area contributed by atoms with Gasteiger partial charge in [0.25, 0.3) is 0 Å². The summed E-state index contributed by atoms with van der Waals surface area (Å²) < 4.78 is 79.5. The van der Waals surface area contributed by atoms with Crippen molar-refractivity contribution in [3.05, 3.63) is 47.4 Å².